The second kappa shape index (κ2) is 7.24. The second-order valence-electron chi connectivity index (χ2n) is 7.23. The molecule has 2 atom stereocenters. The maximum atomic E-state index is 12.9. The summed E-state index contributed by atoms with van der Waals surface area (Å²) in [4.78, 5) is 39.5. The summed E-state index contributed by atoms with van der Waals surface area (Å²) >= 11 is 5.95. The molecule has 0 saturated carbocycles. The van der Waals surface area contributed by atoms with Crippen LogP contribution in [0.2, 0.25) is 5.02 Å². The average Bonchev–Trinajstić information content (AvgIpc) is 2.92. The van der Waals surface area contributed by atoms with Crippen molar-refractivity contribution in [1.29, 1.82) is 0 Å². The predicted molar refractivity (Wildman–Crippen MR) is 108 cm³/mol. The highest BCUT2D eigenvalue weighted by Crippen LogP contribution is 2.39. The Balaban J connectivity index is 1.58. The topological polar surface area (TPSA) is 66.5 Å². The summed E-state index contributed by atoms with van der Waals surface area (Å²) in [5.74, 6) is -1.32. The van der Waals surface area contributed by atoms with Crippen LogP contribution < -0.4 is 10.2 Å². The minimum atomic E-state index is -0.335. The van der Waals surface area contributed by atoms with E-state index >= 15 is 0 Å². The number of hydrogen-bond donors (Lipinski definition) is 1. The molecule has 0 unspecified atom stereocenters. The number of amides is 3. The number of fused-ring (bicyclic) bond motifs is 1. The summed E-state index contributed by atoms with van der Waals surface area (Å²) in [6.45, 7) is 1.98. The Morgan fingerprint density at radius 1 is 1.07 bits per heavy atom. The van der Waals surface area contributed by atoms with Gasteiger partial charge in [0, 0.05) is 16.3 Å². The molecule has 1 aliphatic carbocycles. The van der Waals surface area contributed by atoms with Gasteiger partial charge in [-0.2, -0.15) is 0 Å². The summed E-state index contributed by atoms with van der Waals surface area (Å²) in [6.07, 6.45) is 3.23. The number of benzene rings is 2. The smallest absolute Gasteiger partial charge is 0.255 e. The fourth-order valence-electron chi connectivity index (χ4n) is 3.85. The Kier molecular flexibility index (Phi) is 4.77. The number of nitrogens with one attached hydrogen (secondary N) is 1. The molecule has 2 aliphatic rings. The van der Waals surface area contributed by atoms with Crippen LogP contribution in [0.1, 0.15) is 30.1 Å². The maximum absolute atomic E-state index is 12.9. The SMILES string of the molecule is CC1=CC[C@H]2C(=O)N(c3cccc(C(=O)Nc4cccc(Cl)c4)c3)C(=O)[C@@H]2C1. The Labute approximate surface area is 168 Å². The number of halogens is 1. The Bertz CT molecular complexity index is 1010. The summed E-state index contributed by atoms with van der Waals surface area (Å²) in [5, 5.41) is 3.29. The minimum absolute atomic E-state index is 0.185. The number of carbonyl (C=O) groups excluding carboxylic acids is 3. The molecule has 1 N–H and O–H groups in total. The van der Waals surface area contributed by atoms with Gasteiger partial charge in [0.25, 0.3) is 5.91 Å². The van der Waals surface area contributed by atoms with Crippen LogP contribution in [0.5, 0.6) is 0 Å². The zero-order valence-electron chi connectivity index (χ0n) is 15.3. The molecule has 3 amide bonds. The molecule has 4 rings (SSSR count). The molecule has 5 nitrogen and oxygen atoms in total. The Morgan fingerprint density at radius 3 is 2.61 bits per heavy atom. The highest BCUT2D eigenvalue weighted by Gasteiger charge is 2.48. The molecular weight excluding hydrogens is 376 g/mol. The van der Waals surface area contributed by atoms with Crippen molar-refractivity contribution in [3.63, 3.8) is 0 Å². The van der Waals surface area contributed by atoms with Crippen LogP contribution in [0.25, 0.3) is 0 Å². The van der Waals surface area contributed by atoms with E-state index in [0.29, 0.717) is 34.8 Å². The fourth-order valence-corrected chi connectivity index (χ4v) is 4.04. The van der Waals surface area contributed by atoms with E-state index in [2.05, 4.69) is 5.32 Å². The van der Waals surface area contributed by atoms with Crippen molar-refractivity contribution in [2.24, 2.45) is 11.8 Å². The lowest BCUT2D eigenvalue weighted by Crippen LogP contribution is -2.31. The van der Waals surface area contributed by atoms with E-state index in [1.165, 1.54) is 4.90 Å². The molecule has 1 aliphatic heterocycles. The summed E-state index contributed by atoms with van der Waals surface area (Å²) in [5.41, 5.74) is 2.51. The minimum Gasteiger partial charge on any atom is -0.322 e. The zero-order chi connectivity index (χ0) is 19.8. The zero-order valence-corrected chi connectivity index (χ0v) is 16.1. The second-order valence-corrected chi connectivity index (χ2v) is 7.67. The van der Waals surface area contributed by atoms with Crippen molar-refractivity contribution < 1.29 is 14.4 Å². The summed E-state index contributed by atoms with van der Waals surface area (Å²) < 4.78 is 0. The van der Waals surface area contributed by atoms with Crippen molar-refractivity contribution in [3.05, 3.63) is 70.8 Å². The van der Waals surface area contributed by atoms with Gasteiger partial charge in [0.1, 0.15) is 0 Å². The molecule has 2 aromatic rings. The van der Waals surface area contributed by atoms with E-state index in [-0.39, 0.29) is 29.6 Å². The van der Waals surface area contributed by atoms with E-state index in [1.54, 1.807) is 48.5 Å². The van der Waals surface area contributed by atoms with Crippen molar-refractivity contribution in [3.8, 4) is 0 Å². The van der Waals surface area contributed by atoms with Crippen LogP contribution in [0.4, 0.5) is 11.4 Å². The van der Waals surface area contributed by atoms with Gasteiger partial charge in [-0.1, -0.05) is 35.4 Å². The normalized spacial score (nSPS) is 21.4. The van der Waals surface area contributed by atoms with E-state index in [4.69, 9.17) is 11.6 Å². The first-order valence-electron chi connectivity index (χ1n) is 9.14. The van der Waals surface area contributed by atoms with E-state index in [9.17, 15) is 14.4 Å². The monoisotopic (exact) mass is 394 g/mol. The number of allylic oxidation sites excluding steroid dienone is 2. The van der Waals surface area contributed by atoms with Gasteiger partial charge in [-0.3, -0.25) is 19.3 Å². The predicted octanol–water partition coefficient (Wildman–Crippen LogP) is 4.44. The highest BCUT2D eigenvalue weighted by molar-refractivity contribution is 6.31. The third kappa shape index (κ3) is 3.34. The first kappa shape index (κ1) is 18.4. The Hall–Kier alpha value is -2.92. The molecule has 1 heterocycles. The van der Waals surface area contributed by atoms with Crippen LogP contribution >= 0.6 is 11.6 Å². The standard InChI is InChI=1S/C22H19ClN2O3/c1-13-8-9-18-19(10-13)22(28)25(21(18)27)17-7-2-4-14(11-17)20(26)24-16-6-3-5-15(23)12-16/h2-8,11-12,18-19H,9-10H2,1H3,(H,24,26)/t18-,19-/m1/s1. The van der Waals surface area contributed by atoms with Crippen LogP contribution in [0.15, 0.2) is 60.2 Å². The molecule has 142 valence electrons. The molecular formula is C22H19ClN2O3. The molecule has 1 fully saturated rings. The van der Waals surface area contributed by atoms with Crippen LogP contribution in [0, 0.1) is 11.8 Å². The van der Waals surface area contributed by atoms with Gasteiger partial charge in [0.2, 0.25) is 11.8 Å². The number of hydrogen-bond acceptors (Lipinski definition) is 3. The molecule has 0 aromatic heterocycles. The van der Waals surface area contributed by atoms with Gasteiger partial charge in [-0.05, 0) is 56.2 Å². The number of anilines is 2. The summed E-state index contributed by atoms with van der Waals surface area (Å²) in [6, 6.07) is 13.4. The molecule has 0 bridgehead atoms. The van der Waals surface area contributed by atoms with Gasteiger partial charge in [-0.15, -0.1) is 0 Å². The van der Waals surface area contributed by atoms with E-state index in [0.717, 1.165) is 5.57 Å². The van der Waals surface area contributed by atoms with Crippen LogP contribution in [0.3, 0.4) is 0 Å². The van der Waals surface area contributed by atoms with Gasteiger partial charge in [0.05, 0.1) is 17.5 Å². The van der Waals surface area contributed by atoms with E-state index < -0.39 is 0 Å². The average molecular weight is 395 g/mol. The first-order chi connectivity index (χ1) is 13.4. The number of nitrogens with zero attached hydrogens (tertiary/aromatic N) is 1. The van der Waals surface area contributed by atoms with E-state index in [1.807, 2.05) is 13.0 Å². The molecule has 0 radical (unpaired) electrons. The van der Waals surface area contributed by atoms with Crippen molar-refractivity contribution in [2.45, 2.75) is 19.8 Å². The third-order valence-electron chi connectivity index (χ3n) is 5.27. The third-order valence-corrected chi connectivity index (χ3v) is 5.51. The van der Waals surface area contributed by atoms with Crippen molar-refractivity contribution >= 4 is 40.7 Å². The lowest BCUT2D eigenvalue weighted by atomic mass is 9.82. The quantitative estimate of drug-likeness (QED) is 0.618. The lowest BCUT2D eigenvalue weighted by Gasteiger charge is -2.18. The molecule has 2 aromatic carbocycles. The molecule has 6 heteroatoms. The Morgan fingerprint density at radius 2 is 1.82 bits per heavy atom. The summed E-state index contributed by atoms with van der Waals surface area (Å²) in [7, 11) is 0. The highest BCUT2D eigenvalue weighted by atomic mass is 35.5. The lowest BCUT2D eigenvalue weighted by molar-refractivity contribution is -0.122. The van der Waals surface area contributed by atoms with Gasteiger partial charge < -0.3 is 5.32 Å². The molecule has 1 saturated heterocycles. The van der Waals surface area contributed by atoms with Crippen LogP contribution in [-0.2, 0) is 9.59 Å². The van der Waals surface area contributed by atoms with Crippen molar-refractivity contribution in [2.75, 3.05) is 10.2 Å². The van der Waals surface area contributed by atoms with Crippen molar-refractivity contribution in [1.82, 2.24) is 0 Å². The number of imide groups is 1. The maximum Gasteiger partial charge on any atom is 0.255 e. The first-order valence-corrected chi connectivity index (χ1v) is 9.52. The van der Waals surface area contributed by atoms with Gasteiger partial charge >= 0.3 is 0 Å². The number of rotatable bonds is 3. The number of carbonyl (C=O) groups is 3. The fraction of sp³-hybridized carbons (Fsp3) is 0.227. The molecule has 28 heavy (non-hydrogen) atoms. The van der Waals surface area contributed by atoms with Gasteiger partial charge in [-0.25, -0.2) is 0 Å². The van der Waals surface area contributed by atoms with Gasteiger partial charge in [0.15, 0.2) is 0 Å². The molecule has 0 spiro atoms. The largest absolute Gasteiger partial charge is 0.322 e. The van der Waals surface area contributed by atoms with Crippen LogP contribution in [-0.4, -0.2) is 17.7 Å².